The summed E-state index contributed by atoms with van der Waals surface area (Å²) in [4.78, 5) is 13.5. The molecule has 0 saturated heterocycles. The highest BCUT2D eigenvalue weighted by Gasteiger charge is 2.19. The largest absolute Gasteiger partial charge is 0.352 e. The van der Waals surface area contributed by atoms with E-state index in [0.717, 1.165) is 12.8 Å². The zero-order valence-electron chi connectivity index (χ0n) is 10.7. The zero-order chi connectivity index (χ0) is 13.0. The van der Waals surface area contributed by atoms with E-state index in [0.29, 0.717) is 24.7 Å². The van der Waals surface area contributed by atoms with Gasteiger partial charge in [0, 0.05) is 18.2 Å². The van der Waals surface area contributed by atoms with Crippen LogP contribution in [0, 0.1) is 5.82 Å². The van der Waals surface area contributed by atoms with Crippen LogP contribution in [0.25, 0.3) is 0 Å². The third-order valence-corrected chi connectivity index (χ3v) is 3.28. The van der Waals surface area contributed by atoms with Crippen molar-refractivity contribution in [1.82, 2.24) is 10.2 Å². The molecule has 0 atom stereocenters. The Kier molecular flexibility index (Phi) is 4.31. The number of hydrogen-bond donors (Lipinski definition) is 1. The van der Waals surface area contributed by atoms with Crippen molar-refractivity contribution in [3.05, 3.63) is 35.6 Å². The number of nitrogens with one attached hydrogen (secondary N) is 1. The smallest absolute Gasteiger partial charge is 0.234 e. The first kappa shape index (κ1) is 13.0. The van der Waals surface area contributed by atoms with E-state index in [9.17, 15) is 9.18 Å². The third kappa shape index (κ3) is 3.53. The standard InChI is InChI=1S/C14H19FN2O/c1-17(9-11-5-2-3-8-13(11)15)10-14(18)16-12-6-4-7-12/h2-3,5,8,12H,4,6-7,9-10H2,1H3,(H,16,18). The van der Waals surface area contributed by atoms with E-state index in [1.165, 1.54) is 12.5 Å². The third-order valence-electron chi connectivity index (χ3n) is 3.28. The van der Waals surface area contributed by atoms with Gasteiger partial charge in [-0.25, -0.2) is 4.39 Å². The van der Waals surface area contributed by atoms with E-state index in [-0.39, 0.29) is 11.7 Å². The van der Waals surface area contributed by atoms with Crippen LogP contribution in [0.5, 0.6) is 0 Å². The normalized spacial score (nSPS) is 15.5. The predicted octanol–water partition coefficient (Wildman–Crippen LogP) is 1.93. The molecule has 98 valence electrons. The molecule has 0 heterocycles. The molecule has 0 aliphatic heterocycles. The van der Waals surface area contributed by atoms with Crippen molar-refractivity contribution in [2.75, 3.05) is 13.6 Å². The molecule has 0 unspecified atom stereocenters. The summed E-state index contributed by atoms with van der Waals surface area (Å²) in [6.45, 7) is 0.760. The number of hydrogen-bond acceptors (Lipinski definition) is 2. The van der Waals surface area contributed by atoms with Gasteiger partial charge >= 0.3 is 0 Å². The maximum Gasteiger partial charge on any atom is 0.234 e. The first-order valence-corrected chi connectivity index (χ1v) is 6.36. The van der Waals surface area contributed by atoms with Crippen LogP contribution in [0.4, 0.5) is 4.39 Å². The number of halogens is 1. The maximum atomic E-state index is 13.4. The van der Waals surface area contributed by atoms with Gasteiger partial charge in [0.1, 0.15) is 5.82 Å². The van der Waals surface area contributed by atoms with Gasteiger partial charge in [-0.3, -0.25) is 9.69 Å². The van der Waals surface area contributed by atoms with Gasteiger partial charge in [-0.1, -0.05) is 18.2 Å². The van der Waals surface area contributed by atoms with Crippen LogP contribution in [-0.4, -0.2) is 30.4 Å². The molecule has 1 aromatic carbocycles. The average molecular weight is 250 g/mol. The highest BCUT2D eigenvalue weighted by atomic mass is 19.1. The molecule has 1 saturated carbocycles. The zero-order valence-corrected chi connectivity index (χ0v) is 10.7. The Labute approximate surface area is 107 Å². The lowest BCUT2D eigenvalue weighted by Crippen LogP contribution is -2.43. The Hall–Kier alpha value is -1.42. The minimum absolute atomic E-state index is 0.0264. The van der Waals surface area contributed by atoms with Crippen molar-refractivity contribution < 1.29 is 9.18 Å². The summed E-state index contributed by atoms with van der Waals surface area (Å²) in [7, 11) is 1.83. The molecular weight excluding hydrogens is 231 g/mol. The number of rotatable bonds is 5. The fourth-order valence-electron chi connectivity index (χ4n) is 2.04. The number of likely N-dealkylation sites (N-methyl/N-ethyl adjacent to an activating group) is 1. The van der Waals surface area contributed by atoms with E-state index < -0.39 is 0 Å². The number of benzene rings is 1. The number of nitrogens with zero attached hydrogens (tertiary/aromatic N) is 1. The van der Waals surface area contributed by atoms with Gasteiger partial charge in [0.2, 0.25) is 5.91 Å². The lowest BCUT2D eigenvalue weighted by Gasteiger charge is -2.27. The molecule has 1 aromatic rings. The molecule has 1 aliphatic carbocycles. The number of carbonyl (C=O) groups is 1. The van der Waals surface area contributed by atoms with Gasteiger partial charge in [0.05, 0.1) is 6.54 Å². The first-order chi connectivity index (χ1) is 8.65. The summed E-state index contributed by atoms with van der Waals surface area (Å²) in [5.74, 6) is -0.192. The van der Waals surface area contributed by atoms with Crippen LogP contribution < -0.4 is 5.32 Å². The Bertz CT molecular complexity index is 418. The van der Waals surface area contributed by atoms with Gasteiger partial charge < -0.3 is 5.32 Å². The topological polar surface area (TPSA) is 32.3 Å². The second-order valence-corrected chi connectivity index (χ2v) is 4.96. The molecule has 3 nitrogen and oxygen atoms in total. The summed E-state index contributed by atoms with van der Waals surface area (Å²) in [6, 6.07) is 7.02. The molecule has 4 heteroatoms. The van der Waals surface area contributed by atoms with E-state index in [1.54, 1.807) is 18.2 Å². The van der Waals surface area contributed by atoms with Gasteiger partial charge in [-0.2, -0.15) is 0 Å². The molecule has 0 radical (unpaired) electrons. The van der Waals surface area contributed by atoms with Crippen molar-refractivity contribution >= 4 is 5.91 Å². The van der Waals surface area contributed by atoms with Gasteiger partial charge in [0.25, 0.3) is 0 Å². The molecule has 1 amide bonds. The van der Waals surface area contributed by atoms with Gasteiger partial charge in [-0.15, -0.1) is 0 Å². The van der Waals surface area contributed by atoms with Crippen LogP contribution in [0.1, 0.15) is 24.8 Å². The van der Waals surface area contributed by atoms with E-state index in [4.69, 9.17) is 0 Å². The summed E-state index contributed by atoms with van der Waals surface area (Å²) in [6.07, 6.45) is 3.38. The molecule has 0 aromatic heterocycles. The number of amides is 1. The molecule has 0 spiro atoms. The SMILES string of the molecule is CN(CC(=O)NC1CCC1)Cc1ccccc1F. The van der Waals surface area contributed by atoms with Crippen LogP contribution in [-0.2, 0) is 11.3 Å². The number of carbonyl (C=O) groups excluding carboxylic acids is 1. The van der Waals surface area contributed by atoms with Crippen molar-refractivity contribution in [1.29, 1.82) is 0 Å². The maximum absolute atomic E-state index is 13.4. The fraction of sp³-hybridized carbons (Fsp3) is 0.500. The second kappa shape index (κ2) is 5.96. The minimum Gasteiger partial charge on any atom is -0.352 e. The molecule has 1 N–H and O–H groups in total. The predicted molar refractivity (Wildman–Crippen MR) is 68.5 cm³/mol. The van der Waals surface area contributed by atoms with E-state index in [1.807, 2.05) is 11.9 Å². The van der Waals surface area contributed by atoms with E-state index in [2.05, 4.69) is 5.32 Å². The van der Waals surface area contributed by atoms with Crippen molar-refractivity contribution in [2.45, 2.75) is 31.8 Å². The summed E-state index contributed by atoms with van der Waals surface area (Å²) in [5, 5.41) is 2.97. The Balaban J connectivity index is 1.79. The van der Waals surface area contributed by atoms with Crippen molar-refractivity contribution in [2.24, 2.45) is 0 Å². The van der Waals surface area contributed by atoms with Crippen LogP contribution in [0.2, 0.25) is 0 Å². The molecular formula is C14H19FN2O. The minimum atomic E-state index is -0.219. The molecule has 18 heavy (non-hydrogen) atoms. The first-order valence-electron chi connectivity index (χ1n) is 6.36. The lowest BCUT2D eigenvalue weighted by molar-refractivity contribution is -0.123. The summed E-state index contributed by atoms with van der Waals surface area (Å²) >= 11 is 0. The Morgan fingerprint density at radius 3 is 2.78 bits per heavy atom. The highest BCUT2D eigenvalue weighted by Crippen LogP contribution is 2.17. The second-order valence-electron chi connectivity index (χ2n) is 4.96. The van der Waals surface area contributed by atoms with Crippen LogP contribution >= 0.6 is 0 Å². The molecule has 1 aliphatic rings. The monoisotopic (exact) mass is 250 g/mol. The highest BCUT2D eigenvalue weighted by molar-refractivity contribution is 5.78. The van der Waals surface area contributed by atoms with Crippen LogP contribution in [0.3, 0.4) is 0 Å². The molecule has 2 rings (SSSR count). The molecule has 1 fully saturated rings. The van der Waals surface area contributed by atoms with E-state index >= 15 is 0 Å². The van der Waals surface area contributed by atoms with Gasteiger partial charge in [-0.05, 0) is 32.4 Å². The van der Waals surface area contributed by atoms with Crippen molar-refractivity contribution in [3.63, 3.8) is 0 Å². The Morgan fingerprint density at radius 2 is 2.17 bits per heavy atom. The summed E-state index contributed by atoms with van der Waals surface area (Å²) < 4.78 is 13.4. The van der Waals surface area contributed by atoms with Crippen molar-refractivity contribution in [3.8, 4) is 0 Å². The summed E-state index contributed by atoms with van der Waals surface area (Å²) in [5.41, 5.74) is 0.622. The Morgan fingerprint density at radius 1 is 1.44 bits per heavy atom. The lowest BCUT2D eigenvalue weighted by atomic mass is 9.93. The molecule has 0 bridgehead atoms. The quantitative estimate of drug-likeness (QED) is 0.866. The fourth-order valence-corrected chi connectivity index (χ4v) is 2.04. The van der Waals surface area contributed by atoms with Crippen LogP contribution in [0.15, 0.2) is 24.3 Å². The van der Waals surface area contributed by atoms with Gasteiger partial charge in [0.15, 0.2) is 0 Å². The average Bonchev–Trinajstić information content (AvgIpc) is 2.27.